The number of hydrogen-bond acceptors (Lipinski definition) is 4. The summed E-state index contributed by atoms with van der Waals surface area (Å²) in [6.45, 7) is -1.90. The van der Waals surface area contributed by atoms with Crippen LogP contribution in [-0.2, 0) is 14.9 Å². The summed E-state index contributed by atoms with van der Waals surface area (Å²) in [6.07, 6.45) is 0. The van der Waals surface area contributed by atoms with Crippen molar-refractivity contribution < 1.29 is 35.7 Å². The Bertz CT molecular complexity index is 555. The Morgan fingerprint density at radius 1 is 1.33 bits per heavy atom. The standard InChI is InChI=1S/C9H7F3O5S/c10-7-4-2-1-3-6(7)8(13)17-5-9(11,12)18(14,15)16/h1-4H,5H2,(H,14,15,16). The summed E-state index contributed by atoms with van der Waals surface area (Å²) in [5.41, 5.74) is -0.622. The van der Waals surface area contributed by atoms with E-state index in [2.05, 4.69) is 4.74 Å². The Morgan fingerprint density at radius 3 is 2.39 bits per heavy atom. The molecule has 0 atom stereocenters. The van der Waals surface area contributed by atoms with Crippen LogP contribution in [0.3, 0.4) is 0 Å². The van der Waals surface area contributed by atoms with Gasteiger partial charge in [-0.3, -0.25) is 4.55 Å². The highest BCUT2D eigenvalue weighted by atomic mass is 32.2. The zero-order valence-electron chi connectivity index (χ0n) is 8.64. The monoisotopic (exact) mass is 284 g/mol. The molecule has 100 valence electrons. The van der Waals surface area contributed by atoms with Crippen molar-refractivity contribution in [3.05, 3.63) is 35.6 Å². The van der Waals surface area contributed by atoms with Gasteiger partial charge in [0, 0.05) is 0 Å². The molecule has 18 heavy (non-hydrogen) atoms. The third-order valence-electron chi connectivity index (χ3n) is 1.84. The van der Waals surface area contributed by atoms with Crippen molar-refractivity contribution in [3.8, 4) is 0 Å². The van der Waals surface area contributed by atoms with Crippen LogP contribution in [0.25, 0.3) is 0 Å². The molecular formula is C9H7F3O5S. The summed E-state index contributed by atoms with van der Waals surface area (Å²) in [4.78, 5) is 11.2. The van der Waals surface area contributed by atoms with Gasteiger partial charge >= 0.3 is 21.3 Å². The molecule has 0 aromatic heterocycles. The maximum atomic E-state index is 13.0. The van der Waals surface area contributed by atoms with Gasteiger partial charge in [-0.25, -0.2) is 9.18 Å². The number of carbonyl (C=O) groups excluding carboxylic acids is 1. The molecule has 0 saturated carbocycles. The second kappa shape index (κ2) is 4.94. The highest BCUT2D eigenvalue weighted by molar-refractivity contribution is 7.86. The Balaban J connectivity index is 2.77. The zero-order chi connectivity index (χ0) is 14.0. The van der Waals surface area contributed by atoms with E-state index in [1.54, 1.807) is 0 Å². The van der Waals surface area contributed by atoms with Gasteiger partial charge in [-0.1, -0.05) is 12.1 Å². The molecule has 0 aliphatic heterocycles. The van der Waals surface area contributed by atoms with Gasteiger partial charge in [-0.2, -0.15) is 17.2 Å². The molecule has 0 aliphatic rings. The summed E-state index contributed by atoms with van der Waals surface area (Å²) in [7, 11) is -5.69. The molecule has 1 rings (SSSR count). The van der Waals surface area contributed by atoms with Gasteiger partial charge in [0.05, 0.1) is 5.56 Å². The van der Waals surface area contributed by atoms with Crippen LogP contribution < -0.4 is 0 Å². The highest BCUT2D eigenvalue weighted by Crippen LogP contribution is 2.21. The maximum absolute atomic E-state index is 13.0. The Kier molecular flexibility index (Phi) is 3.97. The molecular weight excluding hydrogens is 277 g/mol. The number of hydrogen-bond donors (Lipinski definition) is 1. The molecule has 0 unspecified atom stereocenters. The van der Waals surface area contributed by atoms with E-state index in [0.717, 1.165) is 12.1 Å². The molecule has 5 nitrogen and oxygen atoms in total. The first-order valence-electron chi connectivity index (χ1n) is 4.41. The largest absolute Gasteiger partial charge is 0.454 e. The first-order chi connectivity index (χ1) is 8.15. The number of halogens is 3. The fourth-order valence-electron chi connectivity index (χ4n) is 0.929. The van der Waals surface area contributed by atoms with Crippen LogP contribution in [-0.4, -0.2) is 30.8 Å². The molecule has 1 aromatic carbocycles. The van der Waals surface area contributed by atoms with Crippen molar-refractivity contribution in [2.45, 2.75) is 5.25 Å². The van der Waals surface area contributed by atoms with Crippen LogP contribution in [0.1, 0.15) is 10.4 Å². The molecule has 0 saturated heterocycles. The molecule has 0 fully saturated rings. The van der Waals surface area contributed by atoms with Gasteiger partial charge in [-0.15, -0.1) is 0 Å². The predicted octanol–water partition coefficient (Wildman–Crippen LogP) is 1.46. The average molecular weight is 284 g/mol. The molecule has 0 bridgehead atoms. The van der Waals surface area contributed by atoms with Crippen LogP contribution in [0, 0.1) is 5.82 Å². The molecule has 9 heteroatoms. The third-order valence-corrected chi connectivity index (χ3v) is 2.72. The lowest BCUT2D eigenvalue weighted by molar-refractivity contribution is -0.00978. The van der Waals surface area contributed by atoms with E-state index in [1.807, 2.05) is 0 Å². The van der Waals surface area contributed by atoms with E-state index in [1.165, 1.54) is 12.1 Å². The number of esters is 1. The van der Waals surface area contributed by atoms with Crippen molar-refractivity contribution in [2.24, 2.45) is 0 Å². The Hall–Kier alpha value is -1.61. The summed E-state index contributed by atoms with van der Waals surface area (Å²) in [6, 6.07) is 4.40. The minimum absolute atomic E-state index is 0.622. The van der Waals surface area contributed by atoms with Crippen LogP contribution >= 0.6 is 0 Å². The number of rotatable bonds is 4. The van der Waals surface area contributed by atoms with E-state index in [9.17, 15) is 26.4 Å². The van der Waals surface area contributed by atoms with Crippen molar-refractivity contribution >= 4 is 16.1 Å². The lowest BCUT2D eigenvalue weighted by atomic mass is 10.2. The molecule has 0 heterocycles. The van der Waals surface area contributed by atoms with E-state index >= 15 is 0 Å². The summed E-state index contributed by atoms with van der Waals surface area (Å²) in [5.74, 6) is -2.46. The number of alkyl halides is 2. The Labute approximate surface area is 99.9 Å². The molecule has 0 spiro atoms. The van der Waals surface area contributed by atoms with Gasteiger partial charge in [0.1, 0.15) is 5.82 Å². The van der Waals surface area contributed by atoms with Crippen molar-refractivity contribution in [2.75, 3.05) is 6.61 Å². The summed E-state index contributed by atoms with van der Waals surface area (Å²) >= 11 is 0. The van der Waals surface area contributed by atoms with Crippen LogP contribution in [0.5, 0.6) is 0 Å². The number of ether oxygens (including phenoxy) is 1. The first kappa shape index (κ1) is 14.5. The number of benzene rings is 1. The molecule has 0 aliphatic carbocycles. The second-order valence-corrected chi connectivity index (χ2v) is 4.72. The summed E-state index contributed by atoms with van der Waals surface area (Å²) < 4.78 is 70.9. The van der Waals surface area contributed by atoms with Gasteiger partial charge in [0.25, 0.3) is 0 Å². The third kappa shape index (κ3) is 3.20. The minimum Gasteiger partial charge on any atom is -0.454 e. The molecule has 1 N–H and O–H groups in total. The van der Waals surface area contributed by atoms with Gasteiger partial charge < -0.3 is 4.74 Å². The second-order valence-electron chi connectivity index (χ2n) is 3.17. The SMILES string of the molecule is O=C(OCC(F)(F)S(=O)(=O)O)c1ccccc1F. The van der Waals surface area contributed by atoms with Gasteiger partial charge in [0.15, 0.2) is 6.61 Å². The minimum atomic E-state index is -5.69. The smallest absolute Gasteiger partial charge is 0.402 e. The predicted molar refractivity (Wildman–Crippen MR) is 53.2 cm³/mol. The van der Waals surface area contributed by atoms with Crippen molar-refractivity contribution in [1.29, 1.82) is 0 Å². The summed E-state index contributed by atoms with van der Waals surface area (Å²) in [5, 5.41) is -4.64. The molecule has 1 aromatic rings. The van der Waals surface area contributed by atoms with E-state index in [0.29, 0.717) is 0 Å². The quantitative estimate of drug-likeness (QED) is 0.668. The topological polar surface area (TPSA) is 80.7 Å². The Morgan fingerprint density at radius 2 is 1.89 bits per heavy atom. The van der Waals surface area contributed by atoms with E-state index in [4.69, 9.17) is 4.55 Å². The van der Waals surface area contributed by atoms with E-state index in [-0.39, 0.29) is 0 Å². The fraction of sp³-hybridized carbons (Fsp3) is 0.222. The average Bonchev–Trinajstić information content (AvgIpc) is 2.25. The molecule has 0 radical (unpaired) electrons. The number of carbonyl (C=O) groups is 1. The van der Waals surface area contributed by atoms with Gasteiger partial charge in [0.2, 0.25) is 0 Å². The van der Waals surface area contributed by atoms with Crippen LogP contribution in [0.4, 0.5) is 13.2 Å². The van der Waals surface area contributed by atoms with Crippen LogP contribution in [0.2, 0.25) is 0 Å². The van der Waals surface area contributed by atoms with Crippen molar-refractivity contribution in [1.82, 2.24) is 0 Å². The zero-order valence-corrected chi connectivity index (χ0v) is 9.46. The fourth-order valence-corrected chi connectivity index (χ4v) is 1.14. The highest BCUT2D eigenvalue weighted by Gasteiger charge is 2.45. The van der Waals surface area contributed by atoms with Gasteiger partial charge in [-0.05, 0) is 12.1 Å². The normalized spacial score (nSPS) is 12.2. The molecule has 0 amide bonds. The lowest BCUT2D eigenvalue weighted by Crippen LogP contribution is -2.34. The van der Waals surface area contributed by atoms with Crippen LogP contribution in [0.15, 0.2) is 24.3 Å². The van der Waals surface area contributed by atoms with Crippen molar-refractivity contribution in [3.63, 3.8) is 0 Å². The first-order valence-corrected chi connectivity index (χ1v) is 5.85. The lowest BCUT2D eigenvalue weighted by Gasteiger charge is -2.13. The van der Waals surface area contributed by atoms with E-state index < -0.39 is 39.3 Å². The maximum Gasteiger partial charge on any atom is 0.402 e.